The van der Waals surface area contributed by atoms with Gasteiger partial charge in [-0.1, -0.05) is 29.8 Å². The monoisotopic (exact) mass is 356 g/mol. The summed E-state index contributed by atoms with van der Waals surface area (Å²) in [5.41, 5.74) is 2.09. The number of carbonyl (C=O) groups is 1. The number of rotatable bonds is 8. The fourth-order valence-electron chi connectivity index (χ4n) is 2.02. The Hall–Kier alpha value is -1.07. The number of aryl methyl sites for hydroxylation is 1. The van der Waals surface area contributed by atoms with Gasteiger partial charge in [0.25, 0.3) is 5.91 Å². The molecule has 0 aliphatic heterocycles. The van der Waals surface area contributed by atoms with Crippen LogP contribution in [0.2, 0.25) is 0 Å². The number of carbonyl (C=O) groups excluding carboxylic acids is 1. The van der Waals surface area contributed by atoms with Crippen molar-refractivity contribution in [1.29, 1.82) is 0 Å². The largest absolute Gasteiger partial charge is 0.483 e. The van der Waals surface area contributed by atoms with E-state index in [0.717, 1.165) is 34.4 Å². The van der Waals surface area contributed by atoms with Crippen LogP contribution in [0.4, 0.5) is 0 Å². The van der Waals surface area contributed by atoms with E-state index in [-0.39, 0.29) is 12.5 Å². The molecule has 0 bridgehead atoms. The Balaban J connectivity index is 2.77. The Morgan fingerprint density at radius 2 is 2.10 bits per heavy atom. The van der Waals surface area contributed by atoms with Gasteiger partial charge in [-0.25, -0.2) is 0 Å². The smallest absolute Gasteiger partial charge is 0.257 e. The van der Waals surface area contributed by atoms with Gasteiger partial charge in [0, 0.05) is 23.1 Å². The van der Waals surface area contributed by atoms with Crippen LogP contribution in [0.15, 0.2) is 16.6 Å². The zero-order valence-corrected chi connectivity index (χ0v) is 14.8. The van der Waals surface area contributed by atoms with E-state index < -0.39 is 0 Å². The van der Waals surface area contributed by atoms with Crippen molar-refractivity contribution < 1.29 is 9.53 Å². The number of benzene rings is 1. The lowest BCUT2D eigenvalue weighted by molar-refractivity contribution is -0.123. The molecule has 0 saturated heterocycles. The summed E-state index contributed by atoms with van der Waals surface area (Å²) in [7, 11) is 0. The zero-order valence-electron chi connectivity index (χ0n) is 13.3. The number of ether oxygens (including phenoxy) is 1. The molecule has 0 heterocycles. The maximum atomic E-state index is 11.5. The molecule has 0 saturated carbocycles. The van der Waals surface area contributed by atoms with E-state index in [4.69, 9.17) is 4.74 Å². The lowest BCUT2D eigenvalue weighted by Crippen LogP contribution is -2.29. The Kier molecular flexibility index (Phi) is 7.75. The third kappa shape index (κ3) is 6.48. The summed E-state index contributed by atoms with van der Waals surface area (Å²) >= 11 is 3.51. The van der Waals surface area contributed by atoms with Crippen molar-refractivity contribution in [2.75, 3.05) is 19.7 Å². The van der Waals surface area contributed by atoms with Gasteiger partial charge < -0.3 is 15.4 Å². The molecule has 0 aromatic heterocycles. The molecule has 21 heavy (non-hydrogen) atoms. The van der Waals surface area contributed by atoms with Crippen LogP contribution in [0.25, 0.3) is 0 Å². The molecular formula is C16H25BrN2O2. The lowest BCUT2D eigenvalue weighted by atomic mass is 10.1. The standard InChI is InChI=1S/C16H25BrN2O2/c1-5-19-15(20)10-21-16-12(4)6-14(17)7-13(16)9-18-8-11(2)3/h6-7,11,18H,5,8-10H2,1-4H3,(H,19,20). The van der Waals surface area contributed by atoms with Crippen molar-refractivity contribution >= 4 is 21.8 Å². The van der Waals surface area contributed by atoms with E-state index in [1.807, 2.05) is 26.0 Å². The van der Waals surface area contributed by atoms with E-state index in [0.29, 0.717) is 12.5 Å². The molecule has 5 heteroatoms. The SMILES string of the molecule is CCNC(=O)COc1c(C)cc(Br)cc1CNCC(C)C. The van der Waals surface area contributed by atoms with Gasteiger partial charge in [-0.3, -0.25) is 4.79 Å². The first kappa shape index (κ1) is 18.0. The second-order valence-corrected chi connectivity index (χ2v) is 6.39. The maximum absolute atomic E-state index is 11.5. The first-order valence-corrected chi connectivity index (χ1v) is 8.12. The molecule has 0 radical (unpaired) electrons. The second-order valence-electron chi connectivity index (χ2n) is 5.48. The third-order valence-electron chi connectivity index (χ3n) is 2.91. The maximum Gasteiger partial charge on any atom is 0.257 e. The van der Waals surface area contributed by atoms with E-state index >= 15 is 0 Å². The molecular weight excluding hydrogens is 332 g/mol. The topological polar surface area (TPSA) is 50.4 Å². The molecule has 1 rings (SSSR count). The summed E-state index contributed by atoms with van der Waals surface area (Å²) in [4.78, 5) is 11.5. The molecule has 0 aliphatic carbocycles. The molecule has 1 amide bonds. The molecule has 0 aliphatic rings. The molecule has 0 atom stereocenters. The first-order valence-electron chi connectivity index (χ1n) is 7.33. The first-order chi connectivity index (χ1) is 9.93. The van der Waals surface area contributed by atoms with Crippen LogP contribution in [0.5, 0.6) is 5.75 Å². The van der Waals surface area contributed by atoms with Gasteiger partial charge in [-0.15, -0.1) is 0 Å². The highest BCUT2D eigenvalue weighted by Gasteiger charge is 2.11. The quantitative estimate of drug-likeness (QED) is 0.752. The van der Waals surface area contributed by atoms with Gasteiger partial charge in [-0.05, 0) is 44.0 Å². The molecule has 4 nitrogen and oxygen atoms in total. The Morgan fingerprint density at radius 3 is 2.71 bits per heavy atom. The minimum atomic E-state index is -0.0964. The van der Waals surface area contributed by atoms with Gasteiger partial charge >= 0.3 is 0 Å². The summed E-state index contributed by atoms with van der Waals surface area (Å²) < 4.78 is 6.74. The zero-order chi connectivity index (χ0) is 15.8. The lowest BCUT2D eigenvalue weighted by Gasteiger charge is -2.16. The third-order valence-corrected chi connectivity index (χ3v) is 3.36. The van der Waals surface area contributed by atoms with Crippen LogP contribution in [-0.2, 0) is 11.3 Å². The highest BCUT2D eigenvalue weighted by molar-refractivity contribution is 9.10. The van der Waals surface area contributed by atoms with Gasteiger partial charge in [-0.2, -0.15) is 0 Å². The normalized spacial score (nSPS) is 10.8. The highest BCUT2D eigenvalue weighted by Crippen LogP contribution is 2.28. The van der Waals surface area contributed by atoms with Crippen LogP contribution in [0.3, 0.4) is 0 Å². The van der Waals surface area contributed by atoms with Crippen LogP contribution >= 0.6 is 15.9 Å². The van der Waals surface area contributed by atoms with Gasteiger partial charge in [0.05, 0.1) is 0 Å². The predicted octanol–water partition coefficient (Wildman–Crippen LogP) is 3.02. The van der Waals surface area contributed by atoms with Crippen LogP contribution in [0, 0.1) is 12.8 Å². The highest BCUT2D eigenvalue weighted by atomic mass is 79.9. The molecule has 0 unspecified atom stereocenters. The summed E-state index contributed by atoms with van der Waals surface area (Å²) in [5, 5.41) is 6.14. The summed E-state index contributed by atoms with van der Waals surface area (Å²) in [5.74, 6) is 1.29. The van der Waals surface area contributed by atoms with Crippen molar-refractivity contribution in [3.63, 3.8) is 0 Å². The van der Waals surface area contributed by atoms with Crippen molar-refractivity contribution in [2.24, 2.45) is 5.92 Å². The number of hydrogen-bond acceptors (Lipinski definition) is 3. The van der Waals surface area contributed by atoms with Gasteiger partial charge in [0.15, 0.2) is 6.61 Å². The Bertz CT molecular complexity index is 476. The molecule has 0 fully saturated rings. The van der Waals surface area contributed by atoms with Crippen LogP contribution in [-0.4, -0.2) is 25.6 Å². The fourth-order valence-corrected chi connectivity index (χ4v) is 2.64. The van der Waals surface area contributed by atoms with E-state index in [1.54, 1.807) is 0 Å². The second kappa shape index (κ2) is 9.05. The number of hydrogen-bond donors (Lipinski definition) is 2. The van der Waals surface area contributed by atoms with Gasteiger partial charge in [0.2, 0.25) is 0 Å². The molecule has 0 spiro atoms. The summed E-state index contributed by atoms with van der Waals surface area (Å²) in [6.07, 6.45) is 0. The Morgan fingerprint density at radius 1 is 1.38 bits per heavy atom. The van der Waals surface area contributed by atoms with Crippen LogP contribution in [0.1, 0.15) is 31.9 Å². The number of nitrogens with one attached hydrogen (secondary N) is 2. The van der Waals surface area contributed by atoms with Crippen molar-refractivity contribution in [2.45, 2.75) is 34.2 Å². The van der Waals surface area contributed by atoms with Crippen molar-refractivity contribution in [3.05, 3.63) is 27.7 Å². The fraction of sp³-hybridized carbons (Fsp3) is 0.562. The van der Waals surface area contributed by atoms with Crippen LogP contribution < -0.4 is 15.4 Å². The van der Waals surface area contributed by atoms with E-state index in [1.165, 1.54) is 0 Å². The average Bonchev–Trinajstić information content (AvgIpc) is 2.37. The summed E-state index contributed by atoms with van der Waals surface area (Å²) in [6.45, 7) is 10.6. The minimum Gasteiger partial charge on any atom is -0.483 e. The minimum absolute atomic E-state index is 0.0491. The van der Waals surface area contributed by atoms with Gasteiger partial charge in [0.1, 0.15) is 5.75 Å². The molecule has 1 aromatic rings. The molecule has 2 N–H and O–H groups in total. The Labute approximate surface area is 135 Å². The summed E-state index contributed by atoms with van der Waals surface area (Å²) in [6, 6.07) is 4.03. The average molecular weight is 357 g/mol. The number of halogens is 1. The van der Waals surface area contributed by atoms with Crippen molar-refractivity contribution in [1.82, 2.24) is 10.6 Å². The predicted molar refractivity (Wildman–Crippen MR) is 89.6 cm³/mol. The van der Waals surface area contributed by atoms with E-state index in [9.17, 15) is 4.79 Å². The molecule has 118 valence electrons. The van der Waals surface area contributed by atoms with Crippen molar-refractivity contribution in [3.8, 4) is 5.75 Å². The molecule has 1 aromatic carbocycles. The number of likely N-dealkylation sites (N-methyl/N-ethyl adjacent to an activating group) is 1. The van der Waals surface area contributed by atoms with E-state index in [2.05, 4.69) is 40.4 Å². The number of amides is 1.